The van der Waals surface area contributed by atoms with Crippen molar-refractivity contribution < 1.29 is 13.7 Å². The van der Waals surface area contributed by atoms with Gasteiger partial charge in [0.25, 0.3) is 0 Å². The zero-order valence-corrected chi connectivity index (χ0v) is 24.0. The third-order valence-electron chi connectivity index (χ3n) is 7.89. The standard InChI is InChI=1S/C31H28FN7O2S/c1-3-42(41)37-18-31(19-37,12-13-33)39-17-24(16-36-39)28-26-11-14-38(29(26)35-20-34-28)30(40)21(2)23-9-10-25(27(32)15-23)22-7-5-4-6-8-22/h4-11,14-17,20-21H,3,12,18-19H2,1-2H3. The van der Waals surface area contributed by atoms with Crippen LogP contribution in [-0.4, -0.2) is 57.9 Å². The van der Waals surface area contributed by atoms with Crippen LogP contribution in [0.1, 0.15) is 36.5 Å². The summed E-state index contributed by atoms with van der Waals surface area (Å²) < 4.78 is 32.4. The van der Waals surface area contributed by atoms with E-state index < -0.39 is 22.8 Å². The maximum absolute atomic E-state index is 15.1. The summed E-state index contributed by atoms with van der Waals surface area (Å²) >= 11 is -1.08. The monoisotopic (exact) mass is 581 g/mol. The molecule has 0 saturated carbocycles. The maximum atomic E-state index is 15.1. The minimum Gasteiger partial charge on any atom is -0.598 e. The molecule has 42 heavy (non-hydrogen) atoms. The third-order valence-corrected chi connectivity index (χ3v) is 9.22. The molecule has 0 aliphatic carbocycles. The molecule has 0 radical (unpaired) electrons. The molecule has 6 rings (SSSR count). The van der Waals surface area contributed by atoms with Crippen molar-refractivity contribution in [1.82, 2.24) is 28.6 Å². The quantitative estimate of drug-likeness (QED) is 0.233. The van der Waals surface area contributed by atoms with Gasteiger partial charge in [0.05, 0.1) is 43.4 Å². The molecule has 0 bridgehead atoms. The Morgan fingerprint density at radius 3 is 2.67 bits per heavy atom. The molecule has 11 heteroatoms. The van der Waals surface area contributed by atoms with Crippen LogP contribution in [0.15, 0.2) is 79.5 Å². The van der Waals surface area contributed by atoms with Crippen LogP contribution in [0.25, 0.3) is 33.4 Å². The average Bonchev–Trinajstić information content (AvgIpc) is 3.66. The van der Waals surface area contributed by atoms with Crippen LogP contribution < -0.4 is 0 Å². The molecule has 0 amide bonds. The summed E-state index contributed by atoms with van der Waals surface area (Å²) in [5.74, 6) is -0.735. The Bertz CT molecular complexity index is 1810. The smallest absolute Gasteiger partial charge is 0.239 e. The molecule has 2 unspecified atom stereocenters. The molecule has 1 aliphatic rings. The van der Waals surface area contributed by atoms with Gasteiger partial charge in [-0.15, -0.1) is 4.31 Å². The molecule has 1 aliphatic heterocycles. The van der Waals surface area contributed by atoms with Crippen molar-refractivity contribution in [3.05, 3.63) is 90.9 Å². The zero-order valence-electron chi connectivity index (χ0n) is 23.1. The number of hydrogen-bond donors (Lipinski definition) is 0. The topological polar surface area (TPSA) is 116 Å². The number of fused-ring (bicyclic) bond motifs is 1. The molecule has 9 nitrogen and oxygen atoms in total. The van der Waals surface area contributed by atoms with Crippen LogP contribution in [0, 0.1) is 17.1 Å². The van der Waals surface area contributed by atoms with Crippen LogP contribution in [0.3, 0.4) is 0 Å². The largest absolute Gasteiger partial charge is 0.598 e. The number of halogens is 1. The lowest BCUT2D eigenvalue weighted by Crippen LogP contribution is -2.64. The lowest BCUT2D eigenvalue weighted by atomic mass is 9.89. The van der Waals surface area contributed by atoms with E-state index in [1.807, 2.05) is 47.8 Å². The zero-order chi connectivity index (χ0) is 29.4. The van der Waals surface area contributed by atoms with Crippen LogP contribution in [0.5, 0.6) is 0 Å². The molecular formula is C31H28FN7O2S. The van der Waals surface area contributed by atoms with E-state index in [9.17, 15) is 14.6 Å². The summed E-state index contributed by atoms with van der Waals surface area (Å²) in [4.78, 5) is 22.5. The highest BCUT2D eigenvalue weighted by Crippen LogP contribution is 2.36. The van der Waals surface area contributed by atoms with E-state index in [0.717, 1.165) is 5.56 Å². The lowest BCUT2D eigenvalue weighted by Gasteiger charge is -2.47. The Morgan fingerprint density at radius 1 is 1.17 bits per heavy atom. The van der Waals surface area contributed by atoms with Gasteiger partial charge in [0.1, 0.15) is 23.4 Å². The molecule has 0 spiro atoms. The number of nitriles is 1. The predicted octanol–water partition coefficient (Wildman–Crippen LogP) is 5.15. The second-order valence-electron chi connectivity index (χ2n) is 10.5. The van der Waals surface area contributed by atoms with Crippen LogP contribution in [-0.2, 0) is 16.9 Å². The highest BCUT2D eigenvalue weighted by Gasteiger charge is 2.50. The molecule has 1 saturated heterocycles. The van der Waals surface area contributed by atoms with Gasteiger partial charge in [-0.25, -0.2) is 14.4 Å². The van der Waals surface area contributed by atoms with Crippen molar-refractivity contribution in [2.45, 2.75) is 31.7 Å². The van der Waals surface area contributed by atoms with E-state index in [0.29, 0.717) is 52.3 Å². The number of benzene rings is 2. The summed E-state index contributed by atoms with van der Waals surface area (Å²) in [6.45, 7) is 4.55. The van der Waals surface area contributed by atoms with Crippen LogP contribution in [0.4, 0.5) is 4.39 Å². The molecular weight excluding hydrogens is 553 g/mol. The van der Waals surface area contributed by atoms with Crippen molar-refractivity contribution in [2.24, 2.45) is 0 Å². The molecule has 4 heterocycles. The highest BCUT2D eigenvalue weighted by atomic mass is 32.2. The molecule has 1 fully saturated rings. The third kappa shape index (κ3) is 4.77. The second kappa shape index (κ2) is 11.1. The van der Waals surface area contributed by atoms with Gasteiger partial charge in [-0.1, -0.05) is 42.5 Å². The minimum atomic E-state index is -1.08. The van der Waals surface area contributed by atoms with Gasteiger partial charge in [0, 0.05) is 40.3 Å². The molecule has 5 aromatic rings. The molecule has 2 atom stereocenters. The molecule has 212 valence electrons. The van der Waals surface area contributed by atoms with Crippen molar-refractivity contribution in [1.29, 1.82) is 5.26 Å². The fourth-order valence-electron chi connectivity index (χ4n) is 5.49. The van der Waals surface area contributed by atoms with Crippen molar-refractivity contribution >= 4 is 28.3 Å². The summed E-state index contributed by atoms with van der Waals surface area (Å²) in [6.07, 6.45) is 6.81. The number of aromatic nitrogens is 5. The van der Waals surface area contributed by atoms with Gasteiger partial charge in [-0.05, 0) is 37.1 Å². The van der Waals surface area contributed by atoms with Crippen molar-refractivity contribution in [3.63, 3.8) is 0 Å². The Labute approximate surface area is 245 Å². The lowest BCUT2D eigenvalue weighted by molar-refractivity contribution is 0.0719. The van der Waals surface area contributed by atoms with Gasteiger partial charge >= 0.3 is 0 Å². The average molecular weight is 582 g/mol. The van der Waals surface area contributed by atoms with Gasteiger partial charge < -0.3 is 4.55 Å². The Kier molecular flexibility index (Phi) is 7.36. The molecule has 2 aromatic carbocycles. The summed E-state index contributed by atoms with van der Waals surface area (Å²) in [7, 11) is 0. The van der Waals surface area contributed by atoms with E-state index in [1.165, 1.54) is 17.0 Å². The second-order valence-corrected chi connectivity index (χ2v) is 12.2. The van der Waals surface area contributed by atoms with E-state index in [4.69, 9.17) is 0 Å². The van der Waals surface area contributed by atoms with E-state index in [1.54, 1.807) is 42.2 Å². The first-order valence-corrected chi connectivity index (χ1v) is 14.9. The fourth-order valence-corrected chi connectivity index (χ4v) is 6.62. The fraction of sp³-hybridized carbons (Fsp3) is 0.258. The molecule has 3 aromatic heterocycles. The maximum Gasteiger partial charge on any atom is 0.239 e. The predicted molar refractivity (Wildman–Crippen MR) is 158 cm³/mol. The summed E-state index contributed by atoms with van der Waals surface area (Å²) in [6, 6.07) is 18.2. The van der Waals surface area contributed by atoms with Gasteiger partial charge in [0.2, 0.25) is 5.91 Å². The first-order chi connectivity index (χ1) is 20.3. The number of carbonyl (C=O) groups is 1. The first-order valence-electron chi connectivity index (χ1n) is 13.6. The number of nitrogens with zero attached hydrogens (tertiary/aromatic N) is 7. The van der Waals surface area contributed by atoms with E-state index in [2.05, 4.69) is 21.1 Å². The Morgan fingerprint density at radius 2 is 1.95 bits per heavy atom. The van der Waals surface area contributed by atoms with Crippen LogP contribution in [0.2, 0.25) is 0 Å². The van der Waals surface area contributed by atoms with Crippen LogP contribution >= 0.6 is 0 Å². The number of hydrogen-bond acceptors (Lipinski definition) is 7. The summed E-state index contributed by atoms with van der Waals surface area (Å²) in [5.41, 5.74) is 3.01. The highest BCUT2D eigenvalue weighted by molar-refractivity contribution is 7.89. The molecule has 0 N–H and O–H groups in total. The first kappa shape index (κ1) is 27.8. The minimum absolute atomic E-state index is 0.237. The SMILES string of the molecule is CC[S+]([O-])N1CC(CC#N)(n2cc(-c3ncnc4c3ccn4C(=O)C(C)c3ccc(-c4ccccc4)c(F)c3)cn2)C1. The van der Waals surface area contributed by atoms with Crippen molar-refractivity contribution in [2.75, 3.05) is 18.8 Å². The van der Waals surface area contributed by atoms with Gasteiger partial charge in [-0.2, -0.15) is 10.4 Å². The Hall–Kier alpha value is -4.37. The van der Waals surface area contributed by atoms with Gasteiger partial charge in [-0.3, -0.25) is 14.0 Å². The number of rotatable bonds is 8. The van der Waals surface area contributed by atoms with E-state index >= 15 is 4.39 Å². The normalized spacial score (nSPS) is 16.1. The van der Waals surface area contributed by atoms with Gasteiger partial charge in [0.15, 0.2) is 5.65 Å². The summed E-state index contributed by atoms with van der Waals surface area (Å²) in [5, 5.41) is 14.7. The number of carbonyl (C=O) groups excluding carboxylic acids is 1. The Balaban J connectivity index is 1.27. The van der Waals surface area contributed by atoms with Crippen molar-refractivity contribution in [3.8, 4) is 28.5 Å². The van der Waals surface area contributed by atoms with E-state index in [-0.39, 0.29) is 18.1 Å².